The molecule has 1 aromatic carbocycles. The summed E-state index contributed by atoms with van der Waals surface area (Å²) in [5.74, 6) is 0.0605. The smallest absolute Gasteiger partial charge is 0.226 e. The zero-order chi connectivity index (χ0) is 15.4. The molecule has 0 spiro atoms. The first-order chi connectivity index (χ1) is 10.8. The van der Waals surface area contributed by atoms with Crippen molar-refractivity contribution in [3.05, 3.63) is 29.3 Å². The van der Waals surface area contributed by atoms with Crippen LogP contribution in [-0.4, -0.2) is 43.2 Å². The first-order valence-electron chi connectivity index (χ1n) is 8.20. The van der Waals surface area contributed by atoms with Crippen molar-refractivity contribution in [3.63, 3.8) is 0 Å². The van der Waals surface area contributed by atoms with Gasteiger partial charge in [0.25, 0.3) is 0 Å². The lowest BCUT2D eigenvalue weighted by atomic mass is 10.1. The van der Waals surface area contributed by atoms with Crippen LogP contribution in [0.3, 0.4) is 0 Å². The molecule has 3 rings (SSSR count). The molecule has 1 unspecified atom stereocenters. The fourth-order valence-corrected chi connectivity index (χ4v) is 3.26. The lowest BCUT2D eigenvalue weighted by Crippen LogP contribution is -2.43. The number of carbonyl (C=O) groups excluding carboxylic acids is 1. The molecular weight excluding hydrogens is 349 g/mol. The summed E-state index contributed by atoms with van der Waals surface area (Å²) in [6.45, 7) is 7.40. The Morgan fingerprint density at radius 1 is 1.38 bits per heavy atom. The van der Waals surface area contributed by atoms with Gasteiger partial charge in [0.1, 0.15) is 0 Å². The third-order valence-corrected chi connectivity index (χ3v) is 4.29. The lowest BCUT2D eigenvalue weighted by Gasteiger charge is -2.23. The standard InChI is InChI=1S/C17H25N3O2.2ClH/c1-2-7-20-10-13-4-3-5-16(15(13)11-20)19-17(21)9-14-12-22-8-6-18-14;;/h3-5,14,18H,2,6-12H2,1H3,(H,19,21);2*1H. The summed E-state index contributed by atoms with van der Waals surface area (Å²) >= 11 is 0. The van der Waals surface area contributed by atoms with Crippen molar-refractivity contribution in [2.75, 3.05) is 31.6 Å². The number of nitrogens with zero attached hydrogens (tertiary/aromatic N) is 1. The second kappa shape index (κ2) is 10.2. The van der Waals surface area contributed by atoms with Crippen molar-refractivity contribution in [2.24, 2.45) is 0 Å². The number of rotatable bonds is 5. The molecule has 2 aliphatic rings. The van der Waals surface area contributed by atoms with Gasteiger partial charge in [0.15, 0.2) is 0 Å². The van der Waals surface area contributed by atoms with Gasteiger partial charge in [0, 0.05) is 37.8 Å². The van der Waals surface area contributed by atoms with Crippen LogP contribution < -0.4 is 10.6 Å². The summed E-state index contributed by atoms with van der Waals surface area (Å²) in [5.41, 5.74) is 3.58. The lowest BCUT2D eigenvalue weighted by molar-refractivity contribution is -0.117. The van der Waals surface area contributed by atoms with Gasteiger partial charge < -0.3 is 15.4 Å². The zero-order valence-corrected chi connectivity index (χ0v) is 15.7. The van der Waals surface area contributed by atoms with E-state index in [4.69, 9.17) is 4.74 Å². The van der Waals surface area contributed by atoms with E-state index in [2.05, 4.69) is 28.5 Å². The molecule has 1 aromatic rings. The number of halogens is 2. The summed E-state index contributed by atoms with van der Waals surface area (Å²) < 4.78 is 5.40. The molecule has 1 amide bonds. The van der Waals surface area contributed by atoms with Crippen LogP contribution in [0.15, 0.2) is 18.2 Å². The Balaban J connectivity index is 0.00000144. The van der Waals surface area contributed by atoms with Crippen molar-refractivity contribution in [3.8, 4) is 0 Å². The molecule has 0 aromatic heterocycles. The molecule has 7 heteroatoms. The molecule has 0 radical (unpaired) electrons. The molecule has 2 N–H and O–H groups in total. The monoisotopic (exact) mass is 375 g/mol. The van der Waals surface area contributed by atoms with Gasteiger partial charge in [-0.15, -0.1) is 24.8 Å². The highest BCUT2D eigenvalue weighted by molar-refractivity contribution is 5.92. The fraction of sp³-hybridized carbons (Fsp3) is 0.588. The first-order valence-corrected chi connectivity index (χ1v) is 8.20. The molecule has 136 valence electrons. The molecule has 1 fully saturated rings. The van der Waals surface area contributed by atoms with Gasteiger partial charge in [0.05, 0.1) is 13.2 Å². The maximum absolute atomic E-state index is 12.3. The number of fused-ring (bicyclic) bond motifs is 1. The van der Waals surface area contributed by atoms with Crippen LogP contribution in [-0.2, 0) is 22.6 Å². The predicted octanol–water partition coefficient (Wildman–Crippen LogP) is 2.57. The normalized spacial score (nSPS) is 19.8. The third kappa shape index (κ3) is 5.33. The van der Waals surface area contributed by atoms with Crippen molar-refractivity contribution >= 4 is 36.4 Å². The molecule has 1 saturated heterocycles. The van der Waals surface area contributed by atoms with Crippen molar-refractivity contribution < 1.29 is 9.53 Å². The van der Waals surface area contributed by atoms with Crippen LogP contribution >= 0.6 is 24.8 Å². The van der Waals surface area contributed by atoms with Gasteiger partial charge in [-0.1, -0.05) is 19.1 Å². The van der Waals surface area contributed by atoms with Crippen molar-refractivity contribution in [1.29, 1.82) is 0 Å². The van der Waals surface area contributed by atoms with Gasteiger partial charge in [0.2, 0.25) is 5.91 Å². The van der Waals surface area contributed by atoms with Crippen LogP contribution in [0.5, 0.6) is 0 Å². The fourth-order valence-electron chi connectivity index (χ4n) is 3.26. The Labute approximate surface area is 156 Å². The largest absolute Gasteiger partial charge is 0.378 e. The van der Waals surface area contributed by atoms with Crippen LogP contribution in [0.4, 0.5) is 5.69 Å². The molecule has 0 bridgehead atoms. The highest BCUT2D eigenvalue weighted by Crippen LogP contribution is 2.29. The van der Waals surface area contributed by atoms with E-state index in [0.717, 1.165) is 44.9 Å². The number of hydrogen-bond acceptors (Lipinski definition) is 4. The molecular formula is C17H27Cl2N3O2. The SMILES string of the molecule is CCCN1Cc2cccc(NC(=O)CC3COCCN3)c2C1.Cl.Cl. The minimum Gasteiger partial charge on any atom is -0.378 e. The first kappa shape index (κ1) is 21.2. The molecule has 2 aliphatic heterocycles. The third-order valence-electron chi connectivity index (χ3n) is 4.29. The number of ether oxygens (including phenoxy) is 1. The van der Waals surface area contributed by atoms with Gasteiger partial charge in [-0.3, -0.25) is 9.69 Å². The number of carbonyl (C=O) groups is 1. The van der Waals surface area contributed by atoms with Crippen LogP contribution in [0.25, 0.3) is 0 Å². The van der Waals surface area contributed by atoms with Gasteiger partial charge >= 0.3 is 0 Å². The van der Waals surface area contributed by atoms with E-state index in [9.17, 15) is 4.79 Å². The summed E-state index contributed by atoms with van der Waals surface area (Å²) in [5, 5.41) is 6.41. The maximum atomic E-state index is 12.3. The predicted molar refractivity (Wildman–Crippen MR) is 101 cm³/mol. The molecule has 2 heterocycles. The number of benzene rings is 1. The number of morpholine rings is 1. The number of amides is 1. The Hall–Kier alpha value is -0.850. The Morgan fingerprint density at radius 2 is 2.21 bits per heavy atom. The van der Waals surface area contributed by atoms with E-state index < -0.39 is 0 Å². The Morgan fingerprint density at radius 3 is 2.92 bits per heavy atom. The molecule has 5 nitrogen and oxygen atoms in total. The van der Waals surface area contributed by atoms with Gasteiger partial charge in [-0.2, -0.15) is 0 Å². The number of hydrogen-bond donors (Lipinski definition) is 2. The number of anilines is 1. The minimum atomic E-state index is 0. The highest BCUT2D eigenvalue weighted by atomic mass is 35.5. The van der Waals surface area contributed by atoms with E-state index >= 15 is 0 Å². The zero-order valence-electron chi connectivity index (χ0n) is 14.0. The molecule has 0 aliphatic carbocycles. The van der Waals surface area contributed by atoms with E-state index in [1.54, 1.807) is 0 Å². The quantitative estimate of drug-likeness (QED) is 0.830. The topological polar surface area (TPSA) is 53.6 Å². The Bertz CT molecular complexity index is 537. The summed E-state index contributed by atoms with van der Waals surface area (Å²) in [6.07, 6.45) is 1.62. The second-order valence-corrected chi connectivity index (χ2v) is 6.13. The molecule has 24 heavy (non-hydrogen) atoms. The Kier molecular flexibility index (Phi) is 9.02. The average molecular weight is 376 g/mol. The second-order valence-electron chi connectivity index (χ2n) is 6.13. The summed E-state index contributed by atoms with van der Waals surface area (Å²) in [7, 11) is 0. The molecule has 1 atom stereocenters. The highest BCUT2D eigenvalue weighted by Gasteiger charge is 2.22. The van der Waals surface area contributed by atoms with E-state index in [1.165, 1.54) is 11.1 Å². The van der Waals surface area contributed by atoms with E-state index in [-0.39, 0.29) is 36.8 Å². The van der Waals surface area contributed by atoms with Crippen LogP contribution in [0, 0.1) is 0 Å². The van der Waals surface area contributed by atoms with Gasteiger partial charge in [-0.25, -0.2) is 0 Å². The van der Waals surface area contributed by atoms with E-state index in [1.807, 2.05) is 12.1 Å². The summed E-state index contributed by atoms with van der Waals surface area (Å²) in [4.78, 5) is 14.7. The van der Waals surface area contributed by atoms with Gasteiger partial charge in [-0.05, 0) is 30.2 Å². The molecule has 0 saturated carbocycles. The average Bonchev–Trinajstić information content (AvgIpc) is 2.92. The van der Waals surface area contributed by atoms with Crippen molar-refractivity contribution in [2.45, 2.75) is 38.9 Å². The minimum absolute atomic E-state index is 0. The van der Waals surface area contributed by atoms with E-state index in [0.29, 0.717) is 13.0 Å². The summed E-state index contributed by atoms with van der Waals surface area (Å²) in [6, 6.07) is 6.34. The number of nitrogens with one attached hydrogen (secondary N) is 2. The maximum Gasteiger partial charge on any atom is 0.226 e. The van der Waals surface area contributed by atoms with Crippen molar-refractivity contribution in [1.82, 2.24) is 10.2 Å². The van der Waals surface area contributed by atoms with Crippen LogP contribution in [0.1, 0.15) is 30.9 Å². The van der Waals surface area contributed by atoms with Crippen LogP contribution in [0.2, 0.25) is 0 Å².